The van der Waals surface area contributed by atoms with Gasteiger partial charge in [0.15, 0.2) is 0 Å². The molecule has 7 nitrogen and oxygen atoms in total. The van der Waals surface area contributed by atoms with Crippen LogP contribution in [0.1, 0.15) is 30.4 Å². The third-order valence-corrected chi connectivity index (χ3v) is 4.85. The molecule has 1 aromatic heterocycles. The lowest BCUT2D eigenvalue weighted by Gasteiger charge is -2.17. The van der Waals surface area contributed by atoms with Crippen molar-refractivity contribution in [2.75, 3.05) is 25.0 Å². The fourth-order valence-corrected chi connectivity index (χ4v) is 3.41. The second-order valence-electron chi connectivity index (χ2n) is 6.81. The van der Waals surface area contributed by atoms with E-state index in [1.54, 1.807) is 11.6 Å². The van der Waals surface area contributed by atoms with Crippen LogP contribution in [0.4, 0.5) is 5.69 Å². The Morgan fingerprint density at radius 1 is 1.29 bits per heavy atom. The highest BCUT2D eigenvalue weighted by molar-refractivity contribution is 5.93. The van der Waals surface area contributed by atoms with E-state index in [0.29, 0.717) is 26.0 Å². The fourth-order valence-electron chi connectivity index (χ4n) is 3.41. The quantitative estimate of drug-likeness (QED) is 0.689. The summed E-state index contributed by atoms with van der Waals surface area (Å²) in [6, 6.07) is 7.61. The number of rotatable bonds is 7. The summed E-state index contributed by atoms with van der Waals surface area (Å²) in [5.41, 5.74) is 2.88. The SMILES string of the molecule is CCOC(=O)CCc1ccc(NC(=O)[C@H]2CNC[C@@H]2c2cnn(C)c2)cc1.Cl. The Morgan fingerprint density at radius 2 is 2.04 bits per heavy atom. The molecule has 152 valence electrons. The molecule has 1 fully saturated rings. The van der Waals surface area contributed by atoms with Crippen molar-refractivity contribution in [1.29, 1.82) is 0 Å². The number of nitrogens with zero attached hydrogens (tertiary/aromatic N) is 2. The van der Waals surface area contributed by atoms with Crippen LogP contribution < -0.4 is 10.6 Å². The van der Waals surface area contributed by atoms with Gasteiger partial charge in [-0.1, -0.05) is 12.1 Å². The zero-order valence-corrected chi connectivity index (χ0v) is 17.0. The van der Waals surface area contributed by atoms with Gasteiger partial charge in [0.2, 0.25) is 5.91 Å². The van der Waals surface area contributed by atoms with Crippen LogP contribution in [0.5, 0.6) is 0 Å². The Balaban J connectivity index is 0.00000280. The third kappa shape index (κ3) is 5.56. The molecular formula is C20H27ClN4O3. The van der Waals surface area contributed by atoms with Gasteiger partial charge in [-0.05, 0) is 36.6 Å². The Kier molecular flexibility index (Phi) is 8.02. The summed E-state index contributed by atoms with van der Waals surface area (Å²) >= 11 is 0. The van der Waals surface area contributed by atoms with E-state index in [-0.39, 0.29) is 36.1 Å². The topological polar surface area (TPSA) is 85.2 Å². The Bertz CT molecular complexity index is 791. The van der Waals surface area contributed by atoms with Gasteiger partial charge in [0, 0.05) is 44.4 Å². The number of carbonyl (C=O) groups is 2. The second kappa shape index (κ2) is 10.2. The molecule has 0 saturated carbocycles. The highest BCUT2D eigenvalue weighted by atomic mass is 35.5. The highest BCUT2D eigenvalue weighted by Crippen LogP contribution is 2.29. The number of benzene rings is 1. The number of carbonyl (C=O) groups excluding carboxylic acids is 2. The van der Waals surface area contributed by atoms with Gasteiger partial charge in [0.1, 0.15) is 0 Å². The Morgan fingerprint density at radius 3 is 2.68 bits per heavy atom. The van der Waals surface area contributed by atoms with Gasteiger partial charge in [0.25, 0.3) is 0 Å². The minimum absolute atomic E-state index is 0. The first-order chi connectivity index (χ1) is 13.1. The van der Waals surface area contributed by atoms with Gasteiger partial charge >= 0.3 is 5.97 Å². The van der Waals surface area contributed by atoms with Crippen molar-refractivity contribution in [1.82, 2.24) is 15.1 Å². The molecule has 2 heterocycles. The van der Waals surface area contributed by atoms with Crippen LogP contribution in [-0.2, 0) is 27.8 Å². The van der Waals surface area contributed by atoms with Gasteiger partial charge in [-0.2, -0.15) is 5.10 Å². The molecule has 1 aliphatic rings. The van der Waals surface area contributed by atoms with Crippen LogP contribution in [0.3, 0.4) is 0 Å². The number of esters is 1. The lowest BCUT2D eigenvalue weighted by atomic mass is 9.90. The first-order valence-corrected chi connectivity index (χ1v) is 9.31. The van der Waals surface area contributed by atoms with E-state index in [4.69, 9.17) is 4.74 Å². The Hall–Kier alpha value is -2.38. The van der Waals surface area contributed by atoms with Crippen molar-refractivity contribution in [2.45, 2.75) is 25.7 Å². The molecular weight excluding hydrogens is 380 g/mol. The maximum absolute atomic E-state index is 12.7. The van der Waals surface area contributed by atoms with Crippen molar-refractivity contribution < 1.29 is 14.3 Å². The molecule has 28 heavy (non-hydrogen) atoms. The molecule has 0 aliphatic carbocycles. The Labute approximate surface area is 171 Å². The van der Waals surface area contributed by atoms with Crippen molar-refractivity contribution in [2.24, 2.45) is 13.0 Å². The van der Waals surface area contributed by atoms with E-state index < -0.39 is 0 Å². The summed E-state index contributed by atoms with van der Waals surface area (Å²) in [6.45, 7) is 3.63. The summed E-state index contributed by atoms with van der Waals surface area (Å²) in [7, 11) is 1.88. The number of hydrogen-bond donors (Lipinski definition) is 2. The third-order valence-electron chi connectivity index (χ3n) is 4.85. The van der Waals surface area contributed by atoms with Crippen molar-refractivity contribution in [3.63, 3.8) is 0 Å². The summed E-state index contributed by atoms with van der Waals surface area (Å²) in [6.07, 6.45) is 4.79. The molecule has 1 aromatic carbocycles. The zero-order chi connectivity index (χ0) is 19.2. The standard InChI is InChI=1S/C20H26N4O3.ClH/c1-3-27-19(25)9-6-14-4-7-16(8-5-14)23-20(26)18-12-21-11-17(18)15-10-22-24(2)13-15;/h4-5,7-8,10,13,17-18,21H,3,6,9,11-12H2,1-2H3,(H,23,26);1H/t17-,18+;/m1./s1. The van der Waals surface area contributed by atoms with Crippen LogP contribution >= 0.6 is 12.4 Å². The molecule has 2 atom stereocenters. The van der Waals surface area contributed by atoms with Gasteiger partial charge in [-0.15, -0.1) is 12.4 Å². The number of aromatic nitrogens is 2. The number of hydrogen-bond acceptors (Lipinski definition) is 5. The molecule has 0 spiro atoms. The average molecular weight is 407 g/mol. The van der Waals surface area contributed by atoms with Gasteiger partial charge in [-0.3, -0.25) is 14.3 Å². The summed E-state index contributed by atoms with van der Waals surface area (Å²) in [4.78, 5) is 24.2. The number of amides is 1. The fraction of sp³-hybridized carbons (Fsp3) is 0.450. The first-order valence-electron chi connectivity index (χ1n) is 9.31. The lowest BCUT2D eigenvalue weighted by molar-refractivity contribution is -0.143. The van der Waals surface area contributed by atoms with E-state index in [2.05, 4.69) is 15.7 Å². The monoisotopic (exact) mass is 406 g/mol. The maximum atomic E-state index is 12.7. The molecule has 2 aromatic rings. The van der Waals surface area contributed by atoms with Crippen LogP contribution in [0.15, 0.2) is 36.7 Å². The molecule has 1 amide bonds. The van der Waals surface area contributed by atoms with E-state index in [1.165, 1.54) is 0 Å². The summed E-state index contributed by atoms with van der Waals surface area (Å²) in [5, 5.41) is 10.5. The van der Waals surface area contributed by atoms with Crippen LogP contribution in [0.2, 0.25) is 0 Å². The number of halogens is 1. The van der Waals surface area contributed by atoms with Gasteiger partial charge in [-0.25, -0.2) is 0 Å². The molecule has 1 saturated heterocycles. The van der Waals surface area contributed by atoms with Crippen LogP contribution in [0, 0.1) is 5.92 Å². The van der Waals surface area contributed by atoms with Crippen LogP contribution in [0.25, 0.3) is 0 Å². The van der Waals surface area contributed by atoms with Crippen LogP contribution in [-0.4, -0.2) is 41.4 Å². The molecule has 0 bridgehead atoms. The predicted octanol–water partition coefficient (Wildman–Crippen LogP) is 2.28. The second-order valence-corrected chi connectivity index (χ2v) is 6.81. The molecule has 2 N–H and O–H groups in total. The first kappa shape index (κ1) is 21.9. The van der Waals surface area contributed by atoms with Gasteiger partial charge < -0.3 is 15.4 Å². The number of nitrogens with one attached hydrogen (secondary N) is 2. The minimum Gasteiger partial charge on any atom is -0.466 e. The minimum atomic E-state index is -0.190. The van der Waals surface area contributed by atoms with E-state index in [9.17, 15) is 9.59 Å². The molecule has 3 rings (SSSR count). The smallest absolute Gasteiger partial charge is 0.306 e. The number of aryl methyl sites for hydroxylation is 2. The zero-order valence-electron chi connectivity index (χ0n) is 16.2. The molecule has 0 radical (unpaired) electrons. The average Bonchev–Trinajstić information content (AvgIpc) is 3.30. The largest absolute Gasteiger partial charge is 0.466 e. The number of anilines is 1. The van der Waals surface area contributed by atoms with Crippen molar-refractivity contribution in [3.8, 4) is 0 Å². The number of ether oxygens (including phenoxy) is 1. The normalized spacial score (nSPS) is 18.4. The molecule has 8 heteroatoms. The molecule has 0 unspecified atom stereocenters. The summed E-state index contributed by atoms with van der Waals surface area (Å²) < 4.78 is 6.70. The molecule has 1 aliphatic heterocycles. The van der Waals surface area contributed by atoms with E-state index in [1.807, 2.05) is 43.7 Å². The lowest BCUT2D eigenvalue weighted by Crippen LogP contribution is -2.28. The van der Waals surface area contributed by atoms with E-state index in [0.717, 1.165) is 23.4 Å². The van der Waals surface area contributed by atoms with Crippen molar-refractivity contribution in [3.05, 3.63) is 47.8 Å². The van der Waals surface area contributed by atoms with Crippen molar-refractivity contribution >= 4 is 30.0 Å². The maximum Gasteiger partial charge on any atom is 0.306 e. The summed E-state index contributed by atoms with van der Waals surface area (Å²) in [5.74, 6) is -0.182. The highest BCUT2D eigenvalue weighted by Gasteiger charge is 2.34. The predicted molar refractivity (Wildman–Crippen MR) is 110 cm³/mol. The van der Waals surface area contributed by atoms with Gasteiger partial charge in [0.05, 0.1) is 18.7 Å². The van der Waals surface area contributed by atoms with E-state index >= 15 is 0 Å².